The van der Waals surface area contributed by atoms with Crippen molar-refractivity contribution < 1.29 is 23.9 Å². The number of alkyl carbamates (subject to hydrolysis) is 1. The minimum atomic E-state index is -0.756. The van der Waals surface area contributed by atoms with E-state index in [4.69, 9.17) is 9.47 Å². The standard InChI is InChI=1S/C19H26N2O5/c1-6-25-16(22)12-9-14-7-10-15(11-8-14)21-17(23)13(2)20-18(24)26-19(3,4)5/h7-13H,6H2,1-5H3,(H,20,24)(H,21,23)/b12-9+. The average Bonchev–Trinajstić information content (AvgIpc) is 2.52. The summed E-state index contributed by atoms with van der Waals surface area (Å²) in [5.41, 5.74) is 0.727. The van der Waals surface area contributed by atoms with Crippen LogP contribution in [0.3, 0.4) is 0 Å². The molecule has 142 valence electrons. The monoisotopic (exact) mass is 362 g/mol. The number of anilines is 1. The summed E-state index contributed by atoms with van der Waals surface area (Å²) in [4.78, 5) is 35.1. The summed E-state index contributed by atoms with van der Waals surface area (Å²) in [7, 11) is 0. The highest BCUT2D eigenvalue weighted by molar-refractivity contribution is 5.96. The highest BCUT2D eigenvalue weighted by atomic mass is 16.6. The maximum Gasteiger partial charge on any atom is 0.408 e. The molecule has 0 fully saturated rings. The number of rotatable bonds is 6. The van der Waals surface area contributed by atoms with Crippen LogP contribution in [-0.4, -0.2) is 36.2 Å². The molecule has 0 spiro atoms. The number of amides is 2. The molecule has 1 aromatic rings. The molecule has 0 aliphatic heterocycles. The number of esters is 1. The Bertz CT molecular complexity index is 660. The van der Waals surface area contributed by atoms with Gasteiger partial charge in [-0.05, 0) is 58.4 Å². The van der Waals surface area contributed by atoms with E-state index in [2.05, 4.69) is 10.6 Å². The molecule has 1 unspecified atom stereocenters. The number of hydrogen-bond acceptors (Lipinski definition) is 5. The maximum atomic E-state index is 12.1. The molecular formula is C19H26N2O5. The van der Waals surface area contributed by atoms with Crippen LogP contribution in [0.25, 0.3) is 6.08 Å². The Kier molecular flexibility index (Phi) is 7.83. The molecular weight excluding hydrogens is 336 g/mol. The SMILES string of the molecule is CCOC(=O)/C=C/c1ccc(NC(=O)C(C)NC(=O)OC(C)(C)C)cc1. The van der Waals surface area contributed by atoms with Crippen molar-refractivity contribution in [1.82, 2.24) is 5.32 Å². The summed E-state index contributed by atoms with van der Waals surface area (Å²) in [5, 5.41) is 5.17. The van der Waals surface area contributed by atoms with E-state index in [0.29, 0.717) is 12.3 Å². The van der Waals surface area contributed by atoms with Crippen molar-refractivity contribution in [3.8, 4) is 0 Å². The molecule has 0 aliphatic rings. The van der Waals surface area contributed by atoms with Gasteiger partial charge in [-0.2, -0.15) is 0 Å². The number of carbonyl (C=O) groups is 3. The summed E-state index contributed by atoms with van der Waals surface area (Å²) in [6, 6.07) is 6.13. The Morgan fingerprint density at radius 2 is 1.77 bits per heavy atom. The molecule has 0 saturated carbocycles. The van der Waals surface area contributed by atoms with Crippen molar-refractivity contribution in [1.29, 1.82) is 0 Å². The van der Waals surface area contributed by atoms with Gasteiger partial charge >= 0.3 is 12.1 Å². The third-order valence-corrected chi connectivity index (χ3v) is 3.00. The van der Waals surface area contributed by atoms with E-state index in [1.807, 2.05) is 0 Å². The smallest absolute Gasteiger partial charge is 0.408 e. The lowest BCUT2D eigenvalue weighted by atomic mass is 10.2. The molecule has 1 aromatic carbocycles. The fourth-order valence-electron chi connectivity index (χ4n) is 1.83. The fraction of sp³-hybridized carbons (Fsp3) is 0.421. The Labute approximate surface area is 153 Å². The summed E-state index contributed by atoms with van der Waals surface area (Å²) in [6.45, 7) is 8.86. The molecule has 2 amide bonds. The molecule has 26 heavy (non-hydrogen) atoms. The van der Waals surface area contributed by atoms with E-state index in [9.17, 15) is 14.4 Å². The second kappa shape index (κ2) is 9.60. The topological polar surface area (TPSA) is 93.7 Å². The molecule has 0 bridgehead atoms. The lowest BCUT2D eigenvalue weighted by Gasteiger charge is -2.21. The highest BCUT2D eigenvalue weighted by Gasteiger charge is 2.21. The normalized spacial score (nSPS) is 12.3. The number of carbonyl (C=O) groups excluding carboxylic acids is 3. The third kappa shape index (κ3) is 8.32. The lowest BCUT2D eigenvalue weighted by molar-refractivity contribution is -0.137. The quantitative estimate of drug-likeness (QED) is 0.599. The Hall–Kier alpha value is -2.83. The van der Waals surface area contributed by atoms with Gasteiger partial charge in [-0.15, -0.1) is 0 Å². The minimum absolute atomic E-state index is 0.323. The van der Waals surface area contributed by atoms with Crippen LogP contribution in [-0.2, 0) is 19.1 Å². The van der Waals surface area contributed by atoms with E-state index in [-0.39, 0.29) is 5.91 Å². The van der Waals surface area contributed by atoms with Crippen LogP contribution >= 0.6 is 0 Å². The second-order valence-corrected chi connectivity index (χ2v) is 6.56. The van der Waals surface area contributed by atoms with Gasteiger partial charge in [-0.3, -0.25) is 4.79 Å². The fourth-order valence-corrected chi connectivity index (χ4v) is 1.83. The Balaban J connectivity index is 2.56. The van der Waals surface area contributed by atoms with Gasteiger partial charge in [0.15, 0.2) is 0 Å². The molecule has 7 heteroatoms. The molecule has 7 nitrogen and oxygen atoms in total. The lowest BCUT2D eigenvalue weighted by Crippen LogP contribution is -2.43. The van der Waals surface area contributed by atoms with E-state index in [1.165, 1.54) is 6.08 Å². The largest absolute Gasteiger partial charge is 0.463 e. The van der Waals surface area contributed by atoms with Crippen LogP contribution in [0.1, 0.15) is 40.2 Å². The molecule has 0 aliphatic carbocycles. The third-order valence-electron chi connectivity index (χ3n) is 3.00. The van der Waals surface area contributed by atoms with Gasteiger partial charge in [-0.25, -0.2) is 9.59 Å². The summed E-state index contributed by atoms with van der Waals surface area (Å²) < 4.78 is 9.91. The van der Waals surface area contributed by atoms with Crippen molar-refractivity contribution in [2.45, 2.75) is 46.3 Å². The first-order chi connectivity index (χ1) is 12.1. The molecule has 2 N–H and O–H groups in total. The van der Waals surface area contributed by atoms with Crippen LogP contribution in [0.4, 0.5) is 10.5 Å². The van der Waals surface area contributed by atoms with Crippen molar-refractivity contribution >= 4 is 29.7 Å². The summed E-state index contributed by atoms with van der Waals surface area (Å²) in [5.74, 6) is -0.780. The van der Waals surface area contributed by atoms with Crippen LogP contribution in [0.15, 0.2) is 30.3 Å². The van der Waals surface area contributed by atoms with Crippen LogP contribution in [0.5, 0.6) is 0 Å². The predicted octanol–water partition coefficient (Wildman–Crippen LogP) is 3.11. The van der Waals surface area contributed by atoms with E-state index in [1.54, 1.807) is 65.0 Å². The molecule has 0 aromatic heterocycles. The highest BCUT2D eigenvalue weighted by Crippen LogP contribution is 2.12. The number of ether oxygens (including phenoxy) is 2. The first-order valence-corrected chi connectivity index (χ1v) is 8.36. The molecule has 0 heterocycles. The van der Waals surface area contributed by atoms with Crippen LogP contribution in [0, 0.1) is 0 Å². The van der Waals surface area contributed by atoms with Gasteiger partial charge in [0.2, 0.25) is 5.91 Å². The molecule has 1 atom stereocenters. The number of hydrogen-bond donors (Lipinski definition) is 2. The molecule has 1 rings (SSSR count). The molecule has 0 saturated heterocycles. The predicted molar refractivity (Wildman–Crippen MR) is 99.6 cm³/mol. The molecule has 0 radical (unpaired) electrons. The summed E-state index contributed by atoms with van der Waals surface area (Å²) in [6.07, 6.45) is 2.31. The van der Waals surface area contributed by atoms with Crippen molar-refractivity contribution in [2.75, 3.05) is 11.9 Å². The zero-order valence-electron chi connectivity index (χ0n) is 15.8. The first kappa shape index (κ1) is 21.2. The van der Waals surface area contributed by atoms with E-state index < -0.39 is 23.7 Å². The first-order valence-electron chi connectivity index (χ1n) is 8.36. The number of benzene rings is 1. The summed E-state index contributed by atoms with van der Waals surface area (Å²) >= 11 is 0. The maximum absolute atomic E-state index is 12.1. The van der Waals surface area contributed by atoms with Gasteiger partial charge in [0.1, 0.15) is 11.6 Å². The Morgan fingerprint density at radius 1 is 1.15 bits per heavy atom. The van der Waals surface area contributed by atoms with Gasteiger partial charge in [0, 0.05) is 11.8 Å². The van der Waals surface area contributed by atoms with Gasteiger partial charge in [0.25, 0.3) is 0 Å². The van der Waals surface area contributed by atoms with E-state index >= 15 is 0 Å². The number of nitrogens with one attached hydrogen (secondary N) is 2. The van der Waals surface area contributed by atoms with E-state index in [0.717, 1.165) is 5.56 Å². The average molecular weight is 362 g/mol. The van der Waals surface area contributed by atoms with Gasteiger partial charge in [-0.1, -0.05) is 12.1 Å². The zero-order valence-corrected chi connectivity index (χ0v) is 15.8. The van der Waals surface area contributed by atoms with Crippen molar-refractivity contribution in [3.05, 3.63) is 35.9 Å². The zero-order chi connectivity index (χ0) is 19.7. The van der Waals surface area contributed by atoms with Crippen LogP contribution in [0.2, 0.25) is 0 Å². The van der Waals surface area contributed by atoms with Gasteiger partial charge < -0.3 is 20.1 Å². The van der Waals surface area contributed by atoms with Gasteiger partial charge in [0.05, 0.1) is 6.61 Å². The van der Waals surface area contributed by atoms with Crippen molar-refractivity contribution in [2.24, 2.45) is 0 Å². The van der Waals surface area contributed by atoms with Crippen molar-refractivity contribution in [3.63, 3.8) is 0 Å². The van der Waals surface area contributed by atoms with Crippen LogP contribution < -0.4 is 10.6 Å². The Morgan fingerprint density at radius 3 is 2.31 bits per heavy atom. The minimum Gasteiger partial charge on any atom is -0.463 e. The second-order valence-electron chi connectivity index (χ2n) is 6.56.